The first kappa shape index (κ1) is 14.5. The fourth-order valence-electron chi connectivity index (χ4n) is 1.54. The van der Waals surface area contributed by atoms with Gasteiger partial charge in [-0.05, 0) is 39.0 Å². The maximum atomic E-state index is 5.48. The Balaban J connectivity index is 2.18. The summed E-state index contributed by atoms with van der Waals surface area (Å²) in [7, 11) is 0. The van der Waals surface area contributed by atoms with Crippen molar-refractivity contribution in [2.45, 2.75) is 45.7 Å². The lowest BCUT2D eigenvalue weighted by Gasteiger charge is -2.21. The lowest BCUT2D eigenvalue weighted by molar-refractivity contribution is -0.154. The Morgan fingerprint density at radius 1 is 1.24 bits per heavy atom. The Bertz CT molecular complexity index is 232. The van der Waals surface area contributed by atoms with Crippen molar-refractivity contribution in [1.82, 2.24) is 0 Å². The van der Waals surface area contributed by atoms with E-state index in [0.29, 0.717) is 19.8 Å². The molecular formula is C13H22O4. The molecule has 1 fully saturated rings. The highest BCUT2D eigenvalue weighted by Gasteiger charge is 2.12. The van der Waals surface area contributed by atoms with Gasteiger partial charge in [-0.3, -0.25) is 0 Å². The average molecular weight is 242 g/mol. The lowest BCUT2D eigenvalue weighted by Crippen LogP contribution is -2.22. The first-order valence-electron chi connectivity index (χ1n) is 6.31. The van der Waals surface area contributed by atoms with Gasteiger partial charge in [0.2, 0.25) is 6.29 Å². The van der Waals surface area contributed by atoms with Gasteiger partial charge in [0.15, 0.2) is 6.29 Å². The molecule has 1 aliphatic rings. The molecular weight excluding hydrogens is 220 g/mol. The molecule has 0 amide bonds. The molecule has 1 aliphatic heterocycles. The smallest absolute Gasteiger partial charge is 0.222 e. The summed E-state index contributed by atoms with van der Waals surface area (Å²) in [6.07, 6.45) is 2.72. The van der Waals surface area contributed by atoms with Crippen molar-refractivity contribution in [3.63, 3.8) is 0 Å². The van der Waals surface area contributed by atoms with Gasteiger partial charge in [0.25, 0.3) is 0 Å². The molecule has 0 aromatic carbocycles. The number of hydrogen-bond donors (Lipinski definition) is 0. The molecule has 0 aromatic heterocycles. The van der Waals surface area contributed by atoms with Crippen LogP contribution in [0.1, 0.15) is 33.1 Å². The molecule has 0 saturated carbocycles. The van der Waals surface area contributed by atoms with Gasteiger partial charge in [-0.1, -0.05) is 5.92 Å². The SMILES string of the molecule is CCOC(C#CCOC1CCCCO1)OCC. The van der Waals surface area contributed by atoms with Crippen LogP contribution in [0.25, 0.3) is 0 Å². The van der Waals surface area contributed by atoms with Crippen LogP contribution in [-0.4, -0.2) is 39.0 Å². The minimum absolute atomic E-state index is 0.0873. The van der Waals surface area contributed by atoms with Crippen LogP contribution in [0.3, 0.4) is 0 Å². The Kier molecular flexibility index (Phi) is 8.02. The third kappa shape index (κ3) is 6.64. The van der Waals surface area contributed by atoms with Gasteiger partial charge in [-0.25, -0.2) is 0 Å². The molecule has 0 bridgehead atoms. The van der Waals surface area contributed by atoms with Crippen molar-refractivity contribution in [1.29, 1.82) is 0 Å². The second kappa shape index (κ2) is 9.43. The molecule has 4 nitrogen and oxygen atoms in total. The van der Waals surface area contributed by atoms with Crippen LogP contribution in [0, 0.1) is 11.8 Å². The zero-order valence-electron chi connectivity index (χ0n) is 10.7. The second-order valence-electron chi connectivity index (χ2n) is 3.67. The number of hydrogen-bond acceptors (Lipinski definition) is 4. The third-order valence-corrected chi connectivity index (χ3v) is 2.34. The molecule has 1 unspecified atom stereocenters. The molecule has 1 saturated heterocycles. The third-order valence-electron chi connectivity index (χ3n) is 2.34. The number of ether oxygens (including phenoxy) is 4. The van der Waals surface area contributed by atoms with Gasteiger partial charge in [0.1, 0.15) is 6.61 Å². The molecule has 0 radical (unpaired) electrons. The van der Waals surface area contributed by atoms with Crippen molar-refractivity contribution in [2.75, 3.05) is 26.4 Å². The summed E-state index contributed by atoms with van der Waals surface area (Å²) < 4.78 is 21.5. The van der Waals surface area contributed by atoms with E-state index in [2.05, 4.69) is 11.8 Å². The van der Waals surface area contributed by atoms with E-state index in [1.54, 1.807) is 0 Å². The first-order chi connectivity index (χ1) is 8.36. The van der Waals surface area contributed by atoms with E-state index in [-0.39, 0.29) is 6.29 Å². The van der Waals surface area contributed by atoms with Crippen molar-refractivity contribution in [3.8, 4) is 11.8 Å². The summed E-state index contributed by atoms with van der Waals surface area (Å²) >= 11 is 0. The van der Waals surface area contributed by atoms with Crippen LogP contribution in [-0.2, 0) is 18.9 Å². The van der Waals surface area contributed by atoms with E-state index in [1.807, 2.05) is 13.8 Å². The lowest BCUT2D eigenvalue weighted by atomic mass is 10.2. The van der Waals surface area contributed by atoms with Gasteiger partial charge < -0.3 is 18.9 Å². The standard InChI is InChI=1S/C13H22O4/c1-3-14-12(15-4-2)9-7-11-17-13-8-5-6-10-16-13/h12-13H,3-6,8,10-11H2,1-2H3. The fourth-order valence-corrected chi connectivity index (χ4v) is 1.54. The summed E-state index contributed by atoms with van der Waals surface area (Å²) in [5.41, 5.74) is 0. The van der Waals surface area contributed by atoms with Crippen LogP contribution < -0.4 is 0 Å². The predicted molar refractivity (Wildman–Crippen MR) is 64.4 cm³/mol. The molecule has 4 heteroatoms. The van der Waals surface area contributed by atoms with Crippen molar-refractivity contribution < 1.29 is 18.9 Å². The topological polar surface area (TPSA) is 36.9 Å². The van der Waals surface area contributed by atoms with Gasteiger partial charge in [-0.2, -0.15) is 0 Å². The van der Waals surface area contributed by atoms with Crippen LogP contribution in [0.15, 0.2) is 0 Å². The van der Waals surface area contributed by atoms with Crippen LogP contribution in [0.5, 0.6) is 0 Å². The highest BCUT2D eigenvalue weighted by molar-refractivity contribution is 5.02. The Morgan fingerprint density at radius 2 is 2.00 bits per heavy atom. The normalized spacial score (nSPS) is 20.1. The summed E-state index contributed by atoms with van der Waals surface area (Å²) in [6.45, 7) is 6.16. The molecule has 1 atom stereocenters. The fraction of sp³-hybridized carbons (Fsp3) is 0.846. The quantitative estimate of drug-likeness (QED) is 0.527. The molecule has 0 aromatic rings. The maximum Gasteiger partial charge on any atom is 0.222 e. The van der Waals surface area contributed by atoms with Gasteiger partial charge in [0, 0.05) is 19.8 Å². The van der Waals surface area contributed by atoms with Gasteiger partial charge >= 0.3 is 0 Å². The zero-order chi connectivity index (χ0) is 12.3. The minimum atomic E-state index is -0.444. The van der Waals surface area contributed by atoms with E-state index < -0.39 is 6.29 Å². The van der Waals surface area contributed by atoms with Crippen molar-refractivity contribution in [2.24, 2.45) is 0 Å². The monoisotopic (exact) mass is 242 g/mol. The summed E-state index contributed by atoms with van der Waals surface area (Å²) in [6, 6.07) is 0. The van der Waals surface area contributed by atoms with E-state index in [1.165, 1.54) is 6.42 Å². The van der Waals surface area contributed by atoms with Gasteiger partial charge in [-0.15, -0.1) is 0 Å². The molecule has 17 heavy (non-hydrogen) atoms. The van der Waals surface area contributed by atoms with Crippen LogP contribution >= 0.6 is 0 Å². The van der Waals surface area contributed by atoms with Gasteiger partial charge in [0.05, 0.1) is 0 Å². The molecule has 0 aliphatic carbocycles. The van der Waals surface area contributed by atoms with E-state index >= 15 is 0 Å². The molecule has 1 heterocycles. The van der Waals surface area contributed by atoms with Crippen LogP contribution in [0.2, 0.25) is 0 Å². The minimum Gasteiger partial charge on any atom is -0.353 e. The largest absolute Gasteiger partial charge is 0.353 e. The van der Waals surface area contributed by atoms with Crippen LogP contribution in [0.4, 0.5) is 0 Å². The Hall–Kier alpha value is -0.600. The predicted octanol–water partition coefficient (Wildman–Crippen LogP) is 1.93. The average Bonchev–Trinajstić information content (AvgIpc) is 2.36. The summed E-state index contributed by atoms with van der Waals surface area (Å²) in [5.74, 6) is 5.79. The molecule has 0 spiro atoms. The molecule has 98 valence electrons. The highest BCUT2D eigenvalue weighted by Crippen LogP contribution is 2.13. The first-order valence-corrected chi connectivity index (χ1v) is 6.31. The zero-order valence-corrected chi connectivity index (χ0v) is 10.7. The Labute approximate surface area is 104 Å². The summed E-state index contributed by atoms with van der Waals surface area (Å²) in [4.78, 5) is 0. The molecule has 0 N–H and O–H groups in total. The van der Waals surface area contributed by atoms with E-state index in [4.69, 9.17) is 18.9 Å². The number of rotatable bonds is 6. The van der Waals surface area contributed by atoms with Crippen molar-refractivity contribution in [3.05, 3.63) is 0 Å². The van der Waals surface area contributed by atoms with E-state index in [0.717, 1.165) is 19.4 Å². The molecule has 1 rings (SSSR count). The Morgan fingerprint density at radius 3 is 2.59 bits per heavy atom. The van der Waals surface area contributed by atoms with E-state index in [9.17, 15) is 0 Å². The second-order valence-corrected chi connectivity index (χ2v) is 3.67. The van der Waals surface area contributed by atoms with Crippen molar-refractivity contribution >= 4 is 0 Å². The maximum absolute atomic E-state index is 5.48. The summed E-state index contributed by atoms with van der Waals surface area (Å²) in [5, 5.41) is 0. The highest BCUT2D eigenvalue weighted by atomic mass is 16.7.